The molecule has 0 aromatic carbocycles. The third-order valence-electron chi connectivity index (χ3n) is 2.04. The summed E-state index contributed by atoms with van der Waals surface area (Å²) in [6.07, 6.45) is 1.76. The highest BCUT2D eigenvalue weighted by atomic mass is 32.2. The Bertz CT molecular complexity index is 240. The summed E-state index contributed by atoms with van der Waals surface area (Å²) < 4.78 is 26.8. The smallest absolute Gasteiger partial charge is 0.279 e. The maximum atomic E-state index is 11.4. The van der Waals surface area contributed by atoms with E-state index in [1.807, 2.05) is 7.05 Å². The Hall–Kier alpha value is -0.170. The van der Waals surface area contributed by atoms with Crippen molar-refractivity contribution < 1.29 is 8.42 Å². The zero-order valence-electron chi connectivity index (χ0n) is 7.91. The van der Waals surface area contributed by atoms with E-state index in [0.29, 0.717) is 19.6 Å². The molecule has 5 nitrogen and oxygen atoms in total. The molecule has 0 aliphatic carbocycles. The summed E-state index contributed by atoms with van der Waals surface area (Å²) in [5.74, 6) is 0. The Labute approximate surface area is 79.7 Å². The van der Waals surface area contributed by atoms with Gasteiger partial charge in [-0.1, -0.05) is 0 Å². The van der Waals surface area contributed by atoms with Crippen molar-refractivity contribution in [3.05, 3.63) is 0 Å². The predicted molar refractivity (Wildman–Crippen MR) is 51.7 cm³/mol. The molecule has 1 rings (SSSR count). The van der Waals surface area contributed by atoms with Crippen LogP contribution in [0.3, 0.4) is 0 Å². The van der Waals surface area contributed by atoms with Crippen LogP contribution in [0.4, 0.5) is 0 Å². The number of hydrogen-bond acceptors (Lipinski definition) is 3. The second-order valence-electron chi connectivity index (χ2n) is 3.11. The normalized spacial score (nSPS) is 23.2. The van der Waals surface area contributed by atoms with Gasteiger partial charge < -0.3 is 5.32 Å². The molecule has 13 heavy (non-hydrogen) atoms. The van der Waals surface area contributed by atoms with E-state index in [0.717, 1.165) is 19.4 Å². The van der Waals surface area contributed by atoms with Crippen molar-refractivity contribution in [1.29, 1.82) is 0 Å². The van der Waals surface area contributed by atoms with Crippen molar-refractivity contribution in [2.45, 2.75) is 12.8 Å². The third-order valence-corrected chi connectivity index (χ3v) is 3.66. The van der Waals surface area contributed by atoms with Crippen LogP contribution in [-0.2, 0) is 10.2 Å². The molecule has 0 bridgehead atoms. The van der Waals surface area contributed by atoms with Crippen LogP contribution >= 0.6 is 0 Å². The van der Waals surface area contributed by atoms with Gasteiger partial charge in [-0.3, -0.25) is 0 Å². The Kier molecular flexibility index (Phi) is 4.11. The summed E-state index contributed by atoms with van der Waals surface area (Å²) in [6.45, 7) is 2.69. The fraction of sp³-hybridized carbons (Fsp3) is 1.00. The summed E-state index contributed by atoms with van der Waals surface area (Å²) in [5.41, 5.74) is 0. The van der Waals surface area contributed by atoms with E-state index in [9.17, 15) is 8.42 Å². The predicted octanol–water partition coefficient (Wildman–Crippen LogP) is -0.864. The van der Waals surface area contributed by atoms with Crippen molar-refractivity contribution in [2.75, 3.05) is 33.2 Å². The lowest BCUT2D eigenvalue weighted by Gasteiger charge is -2.26. The van der Waals surface area contributed by atoms with Gasteiger partial charge in [0.15, 0.2) is 0 Å². The zero-order chi connectivity index (χ0) is 9.73. The minimum atomic E-state index is -3.15. The van der Waals surface area contributed by atoms with E-state index in [-0.39, 0.29) is 0 Å². The zero-order valence-corrected chi connectivity index (χ0v) is 8.73. The molecule has 78 valence electrons. The van der Waals surface area contributed by atoms with Gasteiger partial charge in [0.1, 0.15) is 0 Å². The van der Waals surface area contributed by atoms with Crippen LogP contribution in [0.15, 0.2) is 0 Å². The molecule has 2 N–H and O–H groups in total. The monoisotopic (exact) mass is 207 g/mol. The van der Waals surface area contributed by atoms with E-state index in [1.165, 1.54) is 4.31 Å². The lowest BCUT2D eigenvalue weighted by molar-refractivity contribution is 0.368. The van der Waals surface area contributed by atoms with Crippen molar-refractivity contribution >= 4 is 10.2 Å². The molecule has 0 saturated carbocycles. The molecule has 0 aromatic rings. The second-order valence-corrected chi connectivity index (χ2v) is 4.86. The highest BCUT2D eigenvalue weighted by Gasteiger charge is 2.23. The quantitative estimate of drug-likeness (QED) is 0.589. The fourth-order valence-corrected chi connectivity index (χ4v) is 2.66. The average molecular weight is 207 g/mol. The van der Waals surface area contributed by atoms with E-state index in [1.54, 1.807) is 0 Å². The van der Waals surface area contributed by atoms with Gasteiger partial charge >= 0.3 is 0 Å². The average Bonchev–Trinajstić information content (AvgIpc) is 2.08. The van der Waals surface area contributed by atoms with E-state index >= 15 is 0 Å². The maximum Gasteiger partial charge on any atom is 0.279 e. The van der Waals surface area contributed by atoms with E-state index in [2.05, 4.69) is 10.0 Å². The van der Waals surface area contributed by atoms with Crippen molar-refractivity contribution in [1.82, 2.24) is 14.3 Å². The Morgan fingerprint density at radius 1 is 1.54 bits per heavy atom. The van der Waals surface area contributed by atoms with Gasteiger partial charge in [0, 0.05) is 19.6 Å². The highest BCUT2D eigenvalue weighted by Crippen LogP contribution is 2.05. The van der Waals surface area contributed by atoms with Crippen molar-refractivity contribution in [3.63, 3.8) is 0 Å². The first kappa shape index (κ1) is 10.9. The minimum Gasteiger partial charge on any atom is -0.320 e. The number of nitrogens with one attached hydrogen (secondary N) is 2. The molecule has 1 fully saturated rings. The summed E-state index contributed by atoms with van der Waals surface area (Å²) >= 11 is 0. The first-order valence-electron chi connectivity index (χ1n) is 4.56. The number of nitrogens with zero attached hydrogens (tertiary/aromatic N) is 1. The van der Waals surface area contributed by atoms with Crippen LogP contribution in [0.1, 0.15) is 12.8 Å². The SMILES string of the molecule is CNCCCN1CCCNS1(=O)=O. The molecule has 0 radical (unpaired) electrons. The Morgan fingerprint density at radius 3 is 2.92 bits per heavy atom. The molecule has 1 saturated heterocycles. The van der Waals surface area contributed by atoms with Crippen LogP contribution in [0.5, 0.6) is 0 Å². The molecule has 0 unspecified atom stereocenters. The summed E-state index contributed by atoms with van der Waals surface area (Å²) in [7, 11) is -1.28. The van der Waals surface area contributed by atoms with E-state index < -0.39 is 10.2 Å². The largest absolute Gasteiger partial charge is 0.320 e. The summed E-state index contributed by atoms with van der Waals surface area (Å²) in [4.78, 5) is 0. The third kappa shape index (κ3) is 3.22. The molecule has 0 spiro atoms. The maximum absolute atomic E-state index is 11.4. The van der Waals surface area contributed by atoms with Gasteiger partial charge in [-0.25, -0.2) is 4.72 Å². The minimum absolute atomic E-state index is 0.574. The lowest BCUT2D eigenvalue weighted by Crippen LogP contribution is -2.47. The van der Waals surface area contributed by atoms with Gasteiger partial charge in [-0.15, -0.1) is 0 Å². The molecular weight excluding hydrogens is 190 g/mol. The van der Waals surface area contributed by atoms with Crippen LogP contribution in [-0.4, -0.2) is 45.9 Å². The molecule has 6 heteroatoms. The van der Waals surface area contributed by atoms with Crippen LogP contribution in [0.2, 0.25) is 0 Å². The summed E-state index contributed by atoms with van der Waals surface area (Å²) in [6, 6.07) is 0. The molecule has 1 aliphatic rings. The van der Waals surface area contributed by atoms with Crippen LogP contribution in [0.25, 0.3) is 0 Å². The lowest BCUT2D eigenvalue weighted by atomic mass is 10.4. The van der Waals surface area contributed by atoms with Crippen molar-refractivity contribution in [3.8, 4) is 0 Å². The summed E-state index contributed by atoms with van der Waals surface area (Å²) in [5, 5.41) is 2.99. The highest BCUT2D eigenvalue weighted by molar-refractivity contribution is 7.87. The first-order valence-corrected chi connectivity index (χ1v) is 6.00. The first-order chi connectivity index (χ1) is 6.17. The van der Waals surface area contributed by atoms with Gasteiger partial charge in [0.25, 0.3) is 10.2 Å². The molecule has 0 atom stereocenters. The van der Waals surface area contributed by atoms with Crippen LogP contribution in [0, 0.1) is 0 Å². The standard InChI is InChI=1S/C7H17N3O2S/c1-8-4-2-6-10-7-3-5-9-13(10,11)12/h8-9H,2-7H2,1H3. The molecule has 0 amide bonds. The number of rotatable bonds is 4. The molecule has 1 aliphatic heterocycles. The van der Waals surface area contributed by atoms with Gasteiger partial charge in [-0.05, 0) is 26.4 Å². The fourth-order valence-electron chi connectivity index (χ4n) is 1.33. The van der Waals surface area contributed by atoms with Crippen molar-refractivity contribution in [2.24, 2.45) is 0 Å². The molecular formula is C7H17N3O2S. The van der Waals surface area contributed by atoms with Crippen LogP contribution < -0.4 is 10.0 Å². The molecule has 1 heterocycles. The van der Waals surface area contributed by atoms with Gasteiger partial charge in [0.2, 0.25) is 0 Å². The van der Waals surface area contributed by atoms with E-state index in [4.69, 9.17) is 0 Å². The van der Waals surface area contributed by atoms with Gasteiger partial charge in [0.05, 0.1) is 0 Å². The molecule has 0 aromatic heterocycles. The van der Waals surface area contributed by atoms with Gasteiger partial charge in [-0.2, -0.15) is 12.7 Å². The Morgan fingerprint density at radius 2 is 2.31 bits per heavy atom. The number of hydrogen-bond donors (Lipinski definition) is 2. The topological polar surface area (TPSA) is 61.4 Å². The second kappa shape index (κ2) is 4.90. The Balaban J connectivity index is 2.38.